The van der Waals surface area contributed by atoms with Crippen LogP contribution in [0.25, 0.3) is 0 Å². The Hall–Kier alpha value is -1.13. The van der Waals surface area contributed by atoms with Gasteiger partial charge in [-0.05, 0) is 43.4 Å². The minimum atomic E-state index is -3.77. The molecule has 1 aromatic carbocycles. The monoisotopic (exact) mass is 314 g/mol. The van der Waals surface area contributed by atoms with Gasteiger partial charge in [0.15, 0.2) is 0 Å². The summed E-state index contributed by atoms with van der Waals surface area (Å²) in [5.41, 5.74) is 0.0633. The van der Waals surface area contributed by atoms with E-state index in [1.54, 1.807) is 0 Å². The Morgan fingerprint density at radius 1 is 1.45 bits per heavy atom. The molecule has 2 atom stereocenters. The minimum absolute atomic E-state index is 0.0633. The summed E-state index contributed by atoms with van der Waals surface area (Å²) in [5, 5.41) is 18.7. The summed E-state index contributed by atoms with van der Waals surface area (Å²) < 4.78 is 26.9. The molecule has 1 aliphatic rings. The van der Waals surface area contributed by atoms with Crippen LogP contribution < -0.4 is 4.72 Å². The summed E-state index contributed by atoms with van der Waals surface area (Å²) in [6.45, 7) is 0.261. The van der Waals surface area contributed by atoms with Crippen LogP contribution in [0.15, 0.2) is 23.1 Å². The summed E-state index contributed by atoms with van der Waals surface area (Å²) in [6.07, 6.45) is 1.76. The third-order valence-electron chi connectivity index (χ3n) is 3.43. The Bertz CT molecular complexity index is 640. The molecule has 0 heterocycles. The van der Waals surface area contributed by atoms with Gasteiger partial charge < -0.3 is 5.11 Å². The quantitative estimate of drug-likeness (QED) is 0.884. The van der Waals surface area contributed by atoms with Crippen molar-refractivity contribution in [3.8, 4) is 6.07 Å². The second-order valence-corrected chi connectivity index (χ2v) is 7.11. The molecule has 0 aliphatic heterocycles. The van der Waals surface area contributed by atoms with Crippen LogP contribution in [0.3, 0.4) is 0 Å². The summed E-state index contributed by atoms with van der Waals surface area (Å²) in [7, 11) is -3.77. The second kappa shape index (κ2) is 6.10. The zero-order valence-corrected chi connectivity index (χ0v) is 12.3. The topological polar surface area (TPSA) is 90.2 Å². The number of halogens is 1. The summed E-state index contributed by atoms with van der Waals surface area (Å²) >= 11 is 5.79. The second-order valence-electron chi connectivity index (χ2n) is 4.94. The molecule has 5 nitrogen and oxygen atoms in total. The van der Waals surface area contributed by atoms with Gasteiger partial charge in [0.05, 0.1) is 11.7 Å². The number of rotatable bonds is 4. The van der Waals surface area contributed by atoms with Crippen LogP contribution in [-0.2, 0) is 10.0 Å². The fraction of sp³-hybridized carbons (Fsp3) is 0.462. The lowest BCUT2D eigenvalue weighted by atomic mass is 10.1. The van der Waals surface area contributed by atoms with E-state index in [2.05, 4.69) is 4.72 Å². The largest absolute Gasteiger partial charge is 0.393 e. The van der Waals surface area contributed by atoms with E-state index in [4.69, 9.17) is 16.9 Å². The number of aliphatic hydroxyl groups is 1. The number of nitrogens with one attached hydrogen (secondary N) is 1. The molecule has 0 radical (unpaired) electrons. The number of hydrogen-bond acceptors (Lipinski definition) is 4. The summed E-state index contributed by atoms with van der Waals surface area (Å²) in [6, 6.07) is 5.98. The lowest BCUT2D eigenvalue weighted by Gasteiger charge is -2.12. The van der Waals surface area contributed by atoms with Crippen LogP contribution in [-0.4, -0.2) is 26.2 Å². The molecule has 20 heavy (non-hydrogen) atoms. The molecule has 2 N–H and O–H groups in total. The van der Waals surface area contributed by atoms with Gasteiger partial charge >= 0.3 is 0 Å². The number of nitriles is 1. The molecule has 1 aromatic rings. The van der Waals surface area contributed by atoms with Crippen molar-refractivity contribution in [2.45, 2.75) is 30.3 Å². The van der Waals surface area contributed by atoms with Crippen LogP contribution >= 0.6 is 11.6 Å². The highest BCUT2D eigenvalue weighted by molar-refractivity contribution is 7.89. The van der Waals surface area contributed by atoms with E-state index in [9.17, 15) is 13.5 Å². The molecule has 7 heteroatoms. The molecule has 108 valence electrons. The Balaban J connectivity index is 2.14. The van der Waals surface area contributed by atoms with E-state index in [0.29, 0.717) is 12.8 Å². The highest BCUT2D eigenvalue weighted by atomic mass is 35.5. The van der Waals surface area contributed by atoms with Crippen molar-refractivity contribution in [1.82, 2.24) is 4.72 Å². The molecule has 2 unspecified atom stereocenters. The van der Waals surface area contributed by atoms with E-state index in [1.807, 2.05) is 6.07 Å². The van der Waals surface area contributed by atoms with Gasteiger partial charge in [-0.15, -0.1) is 0 Å². The Kier molecular flexibility index (Phi) is 4.66. The Labute approximate surface area is 123 Å². The average Bonchev–Trinajstić information content (AvgIpc) is 2.82. The zero-order chi connectivity index (χ0) is 14.8. The smallest absolute Gasteiger partial charge is 0.241 e. The third-order valence-corrected chi connectivity index (χ3v) is 5.13. The number of nitrogens with zero attached hydrogens (tertiary/aromatic N) is 1. The fourth-order valence-electron chi connectivity index (χ4n) is 2.35. The van der Waals surface area contributed by atoms with Crippen LogP contribution in [0.4, 0.5) is 0 Å². The number of hydrogen-bond donors (Lipinski definition) is 2. The number of benzene rings is 1. The lowest BCUT2D eigenvalue weighted by molar-refractivity contribution is 0.178. The number of sulfonamides is 1. The summed E-state index contributed by atoms with van der Waals surface area (Å²) in [5.74, 6) is 0.129. The van der Waals surface area contributed by atoms with Crippen molar-refractivity contribution in [3.05, 3.63) is 28.8 Å². The van der Waals surface area contributed by atoms with Crippen molar-refractivity contribution in [1.29, 1.82) is 5.26 Å². The van der Waals surface area contributed by atoms with Gasteiger partial charge in [0, 0.05) is 11.6 Å². The van der Waals surface area contributed by atoms with Crippen molar-refractivity contribution in [2.75, 3.05) is 6.54 Å². The molecular formula is C13H15ClN2O3S. The highest BCUT2D eigenvalue weighted by Crippen LogP contribution is 2.26. The van der Waals surface area contributed by atoms with Crippen molar-refractivity contribution >= 4 is 21.6 Å². The normalized spacial score (nSPS) is 22.6. The van der Waals surface area contributed by atoms with Gasteiger partial charge in [-0.25, -0.2) is 13.1 Å². The van der Waals surface area contributed by atoms with Crippen LogP contribution in [0.5, 0.6) is 0 Å². The predicted octanol–water partition coefficient (Wildman–Crippen LogP) is 1.65. The maximum absolute atomic E-state index is 12.2. The number of aliphatic hydroxyl groups excluding tert-OH is 1. The van der Waals surface area contributed by atoms with Gasteiger partial charge in [-0.3, -0.25) is 0 Å². The van der Waals surface area contributed by atoms with E-state index in [-0.39, 0.29) is 34.0 Å². The van der Waals surface area contributed by atoms with Gasteiger partial charge in [0.25, 0.3) is 0 Å². The van der Waals surface area contributed by atoms with E-state index in [1.165, 1.54) is 18.2 Å². The standard InChI is InChI=1S/C13H15ClN2O3S/c14-11-3-2-10(7-15)13(6-11)20(18,19)16-8-9-1-4-12(17)5-9/h2-3,6,9,12,16-17H,1,4-5,8H2. The lowest BCUT2D eigenvalue weighted by Crippen LogP contribution is -2.29. The molecule has 1 aliphatic carbocycles. The first-order valence-corrected chi connectivity index (χ1v) is 8.16. The molecule has 2 rings (SSSR count). The molecule has 1 saturated carbocycles. The van der Waals surface area contributed by atoms with Gasteiger partial charge in [0.1, 0.15) is 11.0 Å². The maximum atomic E-state index is 12.2. The van der Waals surface area contributed by atoms with E-state index < -0.39 is 10.0 Å². The van der Waals surface area contributed by atoms with E-state index >= 15 is 0 Å². The van der Waals surface area contributed by atoms with Gasteiger partial charge in [0.2, 0.25) is 10.0 Å². The first-order chi connectivity index (χ1) is 9.42. The third kappa shape index (κ3) is 3.49. The molecule has 0 spiro atoms. The Morgan fingerprint density at radius 3 is 2.80 bits per heavy atom. The highest BCUT2D eigenvalue weighted by Gasteiger charge is 2.25. The Morgan fingerprint density at radius 2 is 2.20 bits per heavy atom. The fourth-order valence-corrected chi connectivity index (χ4v) is 3.88. The maximum Gasteiger partial charge on any atom is 0.241 e. The van der Waals surface area contributed by atoms with E-state index in [0.717, 1.165) is 6.42 Å². The van der Waals surface area contributed by atoms with Crippen molar-refractivity contribution < 1.29 is 13.5 Å². The molecule has 0 saturated heterocycles. The SMILES string of the molecule is N#Cc1ccc(Cl)cc1S(=O)(=O)NCC1CCC(O)C1. The first kappa shape index (κ1) is 15.3. The van der Waals surface area contributed by atoms with Crippen LogP contribution in [0.2, 0.25) is 5.02 Å². The van der Waals surface area contributed by atoms with Gasteiger partial charge in [-0.2, -0.15) is 5.26 Å². The molecule has 0 bridgehead atoms. The first-order valence-electron chi connectivity index (χ1n) is 6.30. The minimum Gasteiger partial charge on any atom is -0.393 e. The average molecular weight is 315 g/mol. The molecule has 1 fully saturated rings. The molecular weight excluding hydrogens is 300 g/mol. The summed E-state index contributed by atoms with van der Waals surface area (Å²) in [4.78, 5) is -0.106. The van der Waals surface area contributed by atoms with Crippen LogP contribution in [0, 0.1) is 17.2 Å². The molecule has 0 aromatic heterocycles. The molecule has 0 amide bonds. The zero-order valence-electron chi connectivity index (χ0n) is 10.7. The predicted molar refractivity (Wildman–Crippen MR) is 74.7 cm³/mol. The van der Waals surface area contributed by atoms with Crippen LogP contribution in [0.1, 0.15) is 24.8 Å². The van der Waals surface area contributed by atoms with Gasteiger partial charge in [-0.1, -0.05) is 11.6 Å². The van der Waals surface area contributed by atoms with Crippen molar-refractivity contribution in [3.63, 3.8) is 0 Å². The van der Waals surface area contributed by atoms with Crippen molar-refractivity contribution in [2.24, 2.45) is 5.92 Å².